The molecule has 5 nitrogen and oxygen atoms in total. The van der Waals surface area contributed by atoms with Crippen molar-refractivity contribution in [1.29, 1.82) is 0 Å². The predicted octanol–water partition coefficient (Wildman–Crippen LogP) is 2.06. The highest BCUT2D eigenvalue weighted by molar-refractivity contribution is 5.92. The van der Waals surface area contributed by atoms with Crippen molar-refractivity contribution in [3.8, 4) is 0 Å². The van der Waals surface area contributed by atoms with Crippen LogP contribution in [-0.4, -0.2) is 37.7 Å². The molecule has 2 N–H and O–H groups in total. The molecule has 1 heterocycles. The van der Waals surface area contributed by atoms with Crippen molar-refractivity contribution in [3.63, 3.8) is 0 Å². The number of carbonyl (C=O) groups excluding carboxylic acids is 1. The largest absolute Gasteiger partial charge is 0.387 e. The molecule has 1 rings (SSSR count). The van der Waals surface area contributed by atoms with E-state index in [0.717, 1.165) is 31.6 Å². The van der Waals surface area contributed by atoms with E-state index in [-0.39, 0.29) is 5.91 Å². The van der Waals surface area contributed by atoms with Crippen molar-refractivity contribution >= 4 is 11.6 Å². The summed E-state index contributed by atoms with van der Waals surface area (Å²) in [5, 5.41) is 5.78. The number of pyridine rings is 1. The van der Waals surface area contributed by atoms with Gasteiger partial charge in [-0.15, -0.1) is 0 Å². The molecule has 0 unspecified atom stereocenters. The van der Waals surface area contributed by atoms with E-state index in [1.165, 1.54) is 0 Å². The highest BCUT2D eigenvalue weighted by Gasteiger charge is 2.05. The van der Waals surface area contributed by atoms with Crippen LogP contribution in [0.4, 0.5) is 5.69 Å². The van der Waals surface area contributed by atoms with Gasteiger partial charge < -0.3 is 15.4 Å². The van der Waals surface area contributed by atoms with E-state index in [1.807, 2.05) is 13.1 Å². The number of nitrogens with zero attached hydrogens (tertiary/aromatic N) is 1. The van der Waals surface area contributed by atoms with Crippen molar-refractivity contribution in [3.05, 3.63) is 24.0 Å². The number of hydrogen-bond donors (Lipinski definition) is 2. The molecule has 0 fully saturated rings. The van der Waals surface area contributed by atoms with Gasteiger partial charge in [0, 0.05) is 26.8 Å². The third-order valence-corrected chi connectivity index (χ3v) is 2.68. The molecule has 19 heavy (non-hydrogen) atoms. The summed E-state index contributed by atoms with van der Waals surface area (Å²) >= 11 is 0. The summed E-state index contributed by atoms with van der Waals surface area (Å²) in [4.78, 5) is 15.8. The number of unbranched alkanes of at least 4 members (excludes halogenated alkanes) is 1. The number of nitrogens with one attached hydrogen (secondary N) is 2. The molecule has 0 saturated carbocycles. The molecule has 0 bridgehead atoms. The first-order valence-corrected chi connectivity index (χ1v) is 6.77. The van der Waals surface area contributed by atoms with Crippen LogP contribution in [-0.2, 0) is 4.74 Å². The molecule has 0 saturated heterocycles. The minimum atomic E-state index is -0.142. The first kappa shape index (κ1) is 15.4. The lowest BCUT2D eigenvalue weighted by Gasteiger charge is -2.06. The van der Waals surface area contributed by atoms with Crippen LogP contribution in [0.25, 0.3) is 0 Å². The van der Waals surface area contributed by atoms with Gasteiger partial charge in [-0.05, 0) is 25.0 Å². The maximum Gasteiger partial charge on any atom is 0.269 e. The van der Waals surface area contributed by atoms with E-state index < -0.39 is 0 Å². The van der Waals surface area contributed by atoms with Gasteiger partial charge in [-0.25, -0.2) is 4.98 Å². The fourth-order valence-electron chi connectivity index (χ4n) is 1.49. The number of amides is 1. The lowest BCUT2D eigenvalue weighted by Crippen LogP contribution is -2.26. The van der Waals surface area contributed by atoms with Crippen molar-refractivity contribution in [1.82, 2.24) is 10.3 Å². The summed E-state index contributed by atoms with van der Waals surface area (Å²) in [6.45, 7) is 4.24. The van der Waals surface area contributed by atoms with Crippen LogP contribution >= 0.6 is 0 Å². The van der Waals surface area contributed by atoms with Crippen LogP contribution in [0.5, 0.6) is 0 Å². The molecule has 106 valence electrons. The summed E-state index contributed by atoms with van der Waals surface area (Å²) < 4.78 is 5.42. The van der Waals surface area contributed by atoms with Crippen LogP contribution < -0.4 is 10.6 Å². The van der Waals surface area contributed by atoms with E-state index >= 15 is 0 Å². The van der Waals surface area contributed by atoms with Gasteiger partial charge in [0.05, 0.1) is 11.9 Å². The Bertz CT molecular complexity index is 365. The van der Waals surface area contributed by atoms with Gasteiger partial charge in [-0.3, -0.25) is 4.79 Å². The Balaban J connectivity index is 2.16. The van der Waals surface area contributed by atoms with E-state index in [2.05, 4.69) is 22.5 Å². The van der Waals surface area contributed by atoms with Gasteiger partial charge in [-0.2, -0.15) is 0 Å². The van der Waals surface area contributed by atoms with Gasteiger partial charge >= 0.3 is 0 Å². The van der Waals surface area contributed by atoms with E-state index in [0.29, 0.717) is 18.8 Å². The fraction of sp³-hybridized carbons (Fsp3) is 0.571. The molecule has 0 radical (unpaired) electrons. The Morgan fingerprint density at radius 1 is 1.32 bits per heavy atom. The second-order valence-corrected chi connectivity index (χ2v) is 4.26. The standard InChI is InChI=1S/C14H23N3O2/c1-3-4-9-19-10-5-8-16-14(18)13-7-6-12(15-2)11-17-13/h6-7,11,15H,3-5,8-10H2,1-2H3,(H,16,18). The third-order valence-electron chi connectivity index (χ3n) is 2.68. The Morgan fingerprint density at radius 3 is 2.74 bits per heavy atom. The van der Waals surface area contributed by atoms with Gasteiger partial charge in [0.2, 0.25) is 0 Å². The normalized spacial score (nSPS) is 10.2. The number of ether oxygens (including phenoxy) is 1. The molecular formula is C14H23N3O2. The second kappa shape index (κ2) is 9.33. The fourth-order valence-corrected chi connectivity index (χ4v) is 1.49. The third kappa shape index (κ3) is 6.20. The highest BCUT2D eigenvalue weighted by Crippen LogP contribution is 2.04. The van der Waals surface area contributed by atoms with E-state index in [4.69, 9.17) is 4.74 Å². The lowest BCUT2D eigenvalue weighted by atomic mass is 10.3. The second-order valence-electron chi connectivity index (χ2n) is 4.26. The zero-order valence-corrected chi connectivity index (χ0v) is 11.7. The quantitative estimate of drug-likeness (QED) is 0.671. The number of hydrogen-bond acceptors (Lipinski definition) is 4. The van der Waals surface area contributed by atoms with Crippen LogP contribution in [0.1, 0.15) is 36.7 Å². The zero-order valence-electron chi connectivity index (χ0n) is 11.7. The lowest BCUT2D eigenvalue weighted by molar-refractivity contribution is 0.0935. The minimum Gasteiger partial charge on any atom is -0.387 e. The summed E-state index contributed by atoms with van der Waals surface area (Å²) in [5.74, 6) is -0.142. The average molecular weight is 265 g/mol. The molecule has 1 aromatic rings. The van der Waals surface area contributed by atoms with Crippen LogP contribution in [0.2, 0.25) is 0 Å². The topological polar surface area (TPSA) is 63.2 Å². The zero-order chi connectivity index (χ0) is 13.9. The first-order chi connectivity index (χ1) is 9.27. The Hall–Kier alpha value is -1.62. The molecule has 0 aliphatic heterocycles. The van der Waals surface area contributed by atoms with Crippen molar-refractivity contribution in [2.45, 2.75) is 26.2 Å². The smallest absolute Gasteiger partial charge is 0.269 e. The molecular weight excluding hydrogens is 242 g/mol. The van der Waals surface area contributed by atoms with Crippen LogP contribution in [0.15, 0.2) is 18.3 Å². The molecule has 0 aliphatic rings. The van der Waals surface area contributed by atoms with E-state index in [9.17, 15) is 4.79 Å². The van der Waals surface area contributed by atoms with Gasteiger partial charge in [0.1, 0.15) is 5.69 Å². The highest BCUT2D eigenvalue weighted by atomic mass is 16.5. The number of rotatable bonds is 9. The Kier molecular flexibility index (Phi) is 7.58. The van der Waals surface area contributed by atoms with Gasteiger partial charge in [0.15, 0.2) is 0 Å². The number of carbonyl (C=O) groups is 1. The van der Waals surface area contributed by atoms with Crippen molar-refractivity contribution in [2.75, 3.05) is 32.1 Å². The molecule has 0 aliphatic carbocycles. The maximum atomic E-state index is 11.7. The minimum absolute atomic E-state index is 0.142. The monoisotopic (exact) mass is 265 g/mol. The van der Waals surface area contributed by atoms with Gasteiger partial charge in [0.25, 0.3) is 5.91 Å². The SMILES string of the molecule is CCCCOCCCNC(=O)c1ccc(NC)cn1. The molecule has 0 aromatic carbocycles. The molecule has 0 atom stereocenters. The van der Waals surface area contributed by atoms with Crippen LogP contribution in [0.3, 0.4) is 0 Å². The molecule has 1 amide bonds. The predicted molar refractivity (Wildman–Crippen MR) is 76.5 cm³/mol. The summed E-state index contributed by atoms with van der Waals surface area (Å²) in [6.07, 6.45) is 4.70. The van der Waals surface area contributed by atoms with Crippen molar-refractivity contribution in [2.24, 2.45) is 0 Å². The summed E-state index contributed by atoms with van der Waals surface area (Å²) in [5.41, 5.74) is 1.33. The molecule has 5 heteroatoms. The first-order valence-electron chi connectivity index (χ1n) is 6.77. The summed E-state index contributed by atoms with van der Waals surface area (Å²) in [7, 11) is 1.81. The Labute approximate surface area is 114 Å². The van der Waals surface area contributed by atoms with Crippen molar-refractivity contribution < 1.29 is 9.53 Å². The molecule has 1 aromatic heterocycles. The van der Waals surface area contributed by atoms with Gasteiger partial charge in [-0.1, -0.05) is 13.3 Å². The summed E-state index contributed by atoms with van der Waals surface area (Å²) in [6, 6.07) is 3.54. The Morgan fingerprint density at radius 2 is 2.11 bits per heavy atom. The van der Waals surface area contributed by atoms with E-state index in [1.54, 1.807) is 12.3 Å². The number of anilines is 1. The number of aromatic nitrogens is 1. The molecule has 0 spiro atoms. The van der Waals surface area contributed by atoms with Crippen LogP contribution in [0, 0.1) is 0 Å². The average Bonchev–Trinajstić information content (AvgIpc) is 2.46. The maximum absolute atomic E-state index is 11.7.